The molecule has 0 aromatic rings. The summed E-state index contributed by atoms with van der Waals surface area (Å²) in [5.41, 5.74) is 0.325. The summed E-state index contributed by atoms with van der Waals surface area (Å²) in [5, 5.41) is 6.38. The second-order valence-electron chi connectivity index (χ2n) is 6.97. The Morgan fingerprint density at radius 3 is 2.41 bits per heavy atom. The Balaban J connectivity index is 2.32. The van der Waals surface area contributed by atoms with Gasteiger partial charge in [-0.25, -0.2) is 0 Å². The normalized spacial score (nSPS) is 21.6. The number of rotatable bonds is 4. The van der Waals surface area contributed by atoms with Crippen molar-refractivity contribution in [2.24, 2.45) is 16.7 Å². The lowest BCUT2D eigenvalue weighted by Gasteiger charge is -2.39. The maximum atomic E-state index is 11.8. The van der Waals surface area contributed by atoms with Crippen molar-refractivity contribution in [1.29, 1.82) is 0 Å². The molecule has 0 bridgehead atoms. The van der Waals surface area contributed by atoms with E-state index in [1.807, 2.05) is 0 Å². The van der Waals surface area contributed by atoms with Crippen LogP contribution in [-0.2, 0) is 4.79 Å². The highest BCUT2D eigenvalue weighted by Gasteiger charge is 2.33. The van der Waals surface area contributed by atoms with Gasteiger partial charge in [-0.05, 0) is 36.3 Å². The van der Waals surface area contributed by atoms with E-state index in [1.54, 1.807) is 0 Å². The van der Waals surface area contributed by atoms with Gasteiger partial charge in [-0.1, -0.05) is 34.6 Å². The summed E-state index contributed by atoms with van der Waals surface area (Å²) in [6, 6.07) is 0. The van der Waals surface area contributed by atoms with E-state index in [2.05, 4.69) is 45.3 Å². The Labute approximate surface area is 106 Å². The second-order valence-corrected chi connectivity index (χ2v) is 6.97. The summed E-state index contributed by atoms with van der Waals surface area (Å²) in [5.74, 6) is 0.740. The van der Waals surface area contributed by atoms with Crippen LogP contribution in [0.3, 0.4) is 0 Å². The van der Waals surface area contributed by atoms with Crippen LogP contribution in [0.4, 0.5) is 0 Å². The number of amides is 1. The molecule has 1 atom stereocenters. The van der Waals surface area contributed by atoms with E-state index in [1.165, 1.54) is 0 Å². The van der Waals surface area contributed by atoms with Crippen LogP contribution < -0.4 is 10.6 Å². The first-order chi connectivity index (χ1) is 7.72. The topological polar surface area (TPSA) is 41.1 Å². The molecule has 0 aliphatic carbocycles. The molecule has 1 fully saturated rings. The van der Waals surface area contributed by atoms with Crippen molar-refractivity contribution in [3.8, 4) is 0 Å². The standard InChI is InChI=1S/C14H28N2O/c1-13(2,3)14(4,5)10-16-12(17)8-11-6-7-15-9-11/h11,15H,6-10H2,1-5H3,(H,16,17). The van der Waals surface area contributed by atoms with Crippen molar-refractivity contribution in [3.63, 3.8) is 0 Å². The third-order valence-electron chi connectivity index (χ3n) is 4.39. The molecule has 0 saturated carbocycles. The summed E-state index contributed by atoms with van der Waals surface area (Å²) < 4.78 is 0. The highest BCUT2D eigenvalue weighted by Crippen LogP contribution is 2.37. The molecule has 1 aliphatic heterocycles. The number of carbonyl (C=O) groups is 1. The van der Waals surface area contributed by atoms with Gasteiger partial charge in [0.1, 0.15) is 0 Å². The predicted molar refractivity (Wildman–Crippen MR) is 71.8 cm³/mol. The van der Waals surface area contributed by atoms with Crippen LogP contribution in [-0.4, -0.2) is 25.5 Å². The SMILES string of the molecule is CC(C)(C)C(C)(C)CNC(=O)CC1CCNC1. The number of hydrogen-bond donors (Lipinski definition) is 2. The van der Waals surface area contributed by atoms with E-state index in [9.17, 15) is 4.79 Å². The Bertz CT molecular complexity index is 260. The summed E-state index contributed by atoms with van der Waals surface area (Å²) in [6.07, 6.45) is 1.81. The van der Waals surface area contributed by atoms with Crippen LogP contribution in [0.15, 0.2) is 0 Å². The van der Waals surface area contributed by atoms with Gasteiger partial charge in [-0.15, -0.1) is 0 Å². The van der Waals surface area contributed by atoms with Crippen molar-refractivity contribution in [1.82, 2.24) is 10.6 Å². The van der Waals surface area contributed by atoms with Gasteiger partial charge in [-0.3, -0.25) is 4.79 Å². The molecular weight excluding hydrogens is 212 g/mol. The van der Waals surface area contributed by atoms with Gasteiger partial charge in [0.15, 0.2) is 0 Å². The molecule has 0 radical (unpaired) electrons. The molecular formula is C14H28N2O. The Hall–Kier alpha value is -0.570. The minimum atomic E-state index is 0.122. The van der Waals surface area contributed by atoms with Crippen molar-refractivity contribution in [3.05, 3.63) is 0 Å². The molecule has 2 N–H and O–H groups in total. The molecule has 17 heavy (non-hydrogen) atoms. The highest BCUT2D eigenvalue weighted by molar-refractivity contribution is 5.76. The zero-order chi connectivity index (χ0) is 13.1. The first-order valence-electron chi connectivity index (χ1n) is 6.70. The maximum absolute atomic E-state index is 11.8. The van der Waals surface area contributed by atoms with E-state index < -0.39 is 0 Å². The van der Waals surface area contributed by atoms with Crippen molar-refractivity contribution in [2.75, 3.05) is 19.6 Å². The van der Waals surface area contributed by atoms with Gasteiger partial charge in [0, 0.05) is 13.0 Å². The lowest BCUT2D eigenvalue weighted by atomic mass is 9.69. The first kappa shape index (κ1) is 14.5. The Kier molecular flexibility index (Phi) is 4.59. The lowest BCUT2D eigenvalue weighted by molar-refractivity contribution is -0.122. The van der Waals surface area contributed by atoms with Crippen LogP contribution in [0.25, 0.3) is 0 Å². The predicted octanol–water partition coefficient (Wildman–Crippen LogP) is 2.17. The molecule has 0 aromatic heterocycles. The summed E-state index contributed by atoms with van der Waals surface area (Å²) in [4.78, 5) is 11.8. The Morgan fingerprint density at radius 1 is 1.29 bits per heavy atom. The van der Waals surface area contributed by atoms with Gasteiger partial charge in [0.05, 0.1) is 0 Å². The summed E-state index contributed by atoms with van der Waals surface area (Å²) >= 11 is 0. The number of hydrogen-bond acceptors (Lipinski definition) is 2. The van der Waals surface area contributed by atoms with Gasteiger partial charge in [0.25, 0.3) is 0 Å². The van der Waals surface area contributed by atoms with E-state index in [-0.39, 0.29) is 16.7 Å². The van der Waals surface area contributed by atoms with Crippen LogP contribution in [0.1, 0.15) is 47.5 Å². The zero-order valence-corrected chi connectivity index (χ0v) is 12.0. The largest absolute Gasteiger partial charge is 0.356 e. The highest BCUT2D eigenvalue weighted by atomic mass is 16.1. The van der Waals surface area contributed by atoms with E-state index in [0.29, 0.717) is 12.3 Å². The number of nitrogens with one attached hydrogen (secondary N) is 2. The minimum Gasteiger partial charge on any atom is -0.356 e. The maximum Gasteiger partial charge on any atom is 0.220 e. The van der Waals surface area contributed by atoms with E-state index in [0.717, 1.165) is 26.1 Å². The molecule has 1 amide bonds. The molecule has 1 saturated heterocycles. The average Bonchev–Trinajstić information content (AvgIpc) is 2.66. The molecule has 100 valence electrons. The molecule has 3 nitrogen and oxygen atoms in total. The Morgan fingerprint density at radius 2 is 1.94 bits per heavy atom. The van der Waals surface area contributed by atoms with Gasteiger partial charge >= 0.3 is 0 Å². The van der Waals surface area contributed by atoms with Gasteiger partial charge < -0.3 is 10.6 Å². The third kappa shape index (κ3) is 4.30. The molecule has 1 aliphatic rings. The zero-order valence-electron chi connectivity index (χ0n) is 12.0. The van der Waals surface area contributed by atoms with E-state index in [4.69, 9.17) is 0 Å². The van der Waals surface area contributed by atoms with Crippen LogP contribution in [0.2, 0.25) is 0 Å². The fraction of sp³-hybridized carbons (Fsp3) is 0.929. The fourth-order valence-electron chi connectivity index (χ4n) is 1.81. The number of carbonyl (C=O) groups excluding carboxylic acids is 1. The van der Waals surface area contributed by atoms with Gasteiger partial charge in [-0.2, -0.15) is 0 Å². The lowest BCUT2D eigenvalue weighted by Crippen LogP contribution is -2.42. The van der Waals surface area contributed by atoms with Crippen molar-refractivity contribution in [2.45, 2.75) is 47.5 Å². The third-order valence-corrected chi connectivity index (χ3v) is 4.39. The van der Waals surface area contributed by atoms with Crippen LogP contribution in [0.5, 0.6) is 0 Å². The molecule has 0 aromatic carbocycles. The second kappa shape index (κ2) is 5.38. The molecule has 1 unspecified atom stereocenters. The molecule has 0 spiro atoms. The molecule has 1 rings (SSSR count). The van der Waals surface area contributed by atoms with Crippen molar-refractivity contribution < 1.29 is 4.79 Å². The average molecular weight is 240 g/mol. The fourth-order valence-corrected chi connectivity index (χ4v) is 1.81. The summed E-state index contributed by atoms with van der Waals surface area (Å²) in [6.45, 7) is 13.9. The monoisotopic (exact) mass is 240 g/mol. The minimum absolute atomic E-state index is 0.122. The van der Waals surface area contributed by atoms with Crippen LogP contribution in [0, 0.1) is 16.7 Å². The quantitative estimate of drug-likeness (QED) is 0.791. The molecule has 1 heterocycles. The van der Waals surface area contributed by atoms with E-state index >= 15 is 0 Å². The summed E-state index contributed by atoms with van der Waals surface area (Å²) in [7, 11) is 0. The smallest absolute Gasteiger partial charge is 0.220 e. The van der Waals surface area contributed by atoms with Gasteiger partial charge in [0.2, 0.25) is 5.91 Å². The van der Waals surface area contributed by atoms with Crippen LogP contribution >= 0.6 is 0 Å². The van der Waals surface area contributed by atoms with Crippen molar-refractivity contribution >= 4 is 5.91 Å². The first-order valence-corrected chi connectivity index (χ1v) is 6.70. The molecule has 3 heteroatoms.